The summed E-state index contributed by atoms with van der Waals surface area (Å²) in [5, 5.41) is 163. The van der Waals surface area contributed by atoms with Crippen molar-refractivity contribution in [1.29, 1.82) is 0 Å². The van der Waals surface area contributed by atoms with Gasteiger partial charge in [-0.25, -0.2) is 0 Å². The van der Waals surface area contributed by atoms with Crippen molar-refractivity contribution in [3.05, 3.63) is 12.2 Å². The minimum absolute atomic E-state index is 0.0115. The molecule has 23 heteroatoms. The zero-order valence-electron chi connectivity index (χ0n) is 45.8. The average Bonchev–Trinajstić information content (AvgIpc) is 4.03. The average molecular weight is 1110 g/mol. The van der Waals surface area contributed by atoms with Gasteiger partial charge in [-0.3, -0.25) is 0 Å². The fraction of sp³-hybridized carbons (Fsp3) is 0.963. The Hall–Kier alpha value is -1.18. The molecular formula is C54H92O23. The molecule has 4 saturated heterocycles. The normalized spacial score (nSPS) is 53.1. The van der Waals surface area contributed by atoms with Crippen LogP contribution in [0.5, 0.6) is 0 Å². The second kappa shape index (κ2) is 23.1. The van der Waals surface area contributed by atoms with Crippen LogP contribution in [0.2, 0.25) is 0 Å². The first-order valence-corrected chi connectivity index (χ1v) is 27.9. The number of fused-ring (bicyclic) bond motifs is 5. The Kier molecular flexibility index (Phi) is 18.6. The van der Waals surface area contributed by atoms with Gasteiger partial charge in [-0.05, 0) is 118 Å². The molecule has 0 aromatic carbocycles. The highest BCUT2D eigenvalue weighted by Gasteiger charge is 2.73. The lowest BCUT2D eigenvalue weighted by molar-refractivity contribution is -0.377. The monoisotopic (exact) mass is 1110 g/mol. The van der Waals surface area contributed by atoms with Crippen LogP contribution in [0, 0.1) is 45.3 Å². The van der Waals surface area contributed by atoms with Crippen LogP contribution in [0.4, 0.5) is 0 Å². The number of rotatable bonds is 16. The summed E-state index contributed by atoms with van der Waals surface area (Å²) in [6.07, 6.45) is -28.2. The Morgan fingerprint density at radius 1 is 0.623 bits per heavy atom. The van der Waals surface area contributed by atoms with E-state index in [0.29, 0.717) is 37.7 Å². The lowest BCUT2D eigenvalue weighted by atomic mass is 9.34. The molecular weight excluding hydrogens is 1020 g/mol. The molecule has 8 fully saturated rings. The smallest absolute Gasteiger partial charge is 0.187 e. The van der Waals surface area contributed by atoms with Crippen molar-refractivity contribution in [3.8, 4) is 0 Å². The second-order valence-corrected chi connectivity index (χ2v) is 25.7. The van der Waals surface area contributed by atoms with Crippen LogP contribution < -0.4 is 0 Å². The highest BCUT2D eigenvalue weighted by atomic mass is 16.8. The van der Waals surface area contributed by atoms with Gasteiger partial charge in [-0.1, -0.05) is 46.8 Å². The minimum atomic E-state index is -1.79. The molecule has 4 heterocycles. The summed E-state index contributed by atoms with van der Waals surface area (Å²) in [5.41, 5.74) is -2.71. The highest BCUT2D eigenvalue weighted by Crippen LogP contribution is 2.76. The molecule has 77 heavy (non-hydrogen) atoms. The van der Waals surface area contributed by atoms with Gasteiger partial charge < -0.3 is 114 Å². The van der Waals surface area contributed by atoms with Crippen molar-refractivity contribution >= 4 is 0 Å². The van der Waals surface area contributed by atoms with E-state index in [1.165, 1.54) is 6.92 Å². The Balaban J connectivity index is 1.02. The molecule has 0 amide bonds. The first-order chi connectivity index (χ1) is 35.9. The van der Waals surface area contributed by atoms with Gasteiger partial charge in [0, 0.05) is 5.41 Å². The summed E-state index contributed by atoms with van der Waals surface area (Å²) in [4.78, 5) is 0. The van der Waals surface area contributed by atoms with Gasteiger partial charge in [0.2, 0.25) is 0 Å². The SMILES string of the molecule is C=C(C)C(O)CC[C@](C)(O[C@@H]1O[C@H](CO[C@@H]2O[C@H](CO)[C@@H](O)[C@H](O)[C@H]2O)[C@@H](O)[C@H](O)[C@H]1O)[C@H]1CC[C@]2(C)[C@@H]1CC[C@@H]1[C@@]3(C)CC[C@H](O[C@@H]4O[C@H](CO)[C@@H](O)[C@H](O)[C@H]4O[C@@H]4O[C@@H](C)[C@H](O)[C@@H](O)[C@H]4O)C(C)(C)[C@@H]3C[C@H](O)[C@]12C. The predicted molar refractivity (Wildman–Crippen MR) is 266 cm³/mol. The van der Waals surface area contributed by atoms with Gasteiger partial charge in [0.15, 0.2) is 25.2 Å². The molecule has 0 aromatic rings. The molecule has 0 aromatic heterocycles. The Morgan fingerprint density at radius 3 is 1.81 bits per heavy atom. The topological polar surface area (TPSA) is 377 Å². The maximum Gasteiger partial charge on any atom is 0.187 e. The van der Waals surface area contributed by atoms with E-state index in [-0.39, 0.29) is 41.9 Å². The van der Waals surface area contributed by atoms with Gasteiger partial charge in [-0.15, -0.1) is 0 Å². The molecule has 4 saturated carbocycles. The molecule has 0 spiro atoms. The summed E-state index contributed by atoms with van der Waals surface area (Å²) in [6.45, 7) is 18.1. The van der Waals surface area contributed by atoms with Crippen molar-refractivity contribution in [2.45, 2.75) is 260 Å². The van der Waals surface area contributed by atoms with Crippen LogP contribution in [0.25, 0.3) is 0 Å². The van der Waals surface area contributed by atoms with Crippen molar-refractivity contribution in [2.24, 2.45) is 45.3 Å². The quantitative estimate of drug-likeness (QED) is 0.0576. The predicted octanol–water partition coefficient (Wildman–Crippen LogP) is -2.20. The number of aliphatic hydroxyl groups excluding tert-OH is 15. The standard InChI is InChI=1S/C54H92O23/c1-22(2)26(57)13-17-53(8,77-48-44(69)40(65)37(62)29(74-48)21-70-46-42(67)39(64)35(60)27(19-55)72-46)25-12-16-52(7)24(25)10-11-30-51(6)15-14-33(50(4,5)31(51)18-32(58)54(30,52)9)75-49-45(41(66)36(61)28(20-56)73-49)76-47-43(68)38(63)34(59)23(3)71-47/h23-49,55-69H,1,10-21H2,2-9H3/t23-,24+,25-,26?,27+,28+,29+,30+,31-,32-,33-,34-,35+,36+,37+,38+,39-,40-,41-,42+,43+,44+,45+,46+,47-,48-,49-,51+,52+,53-,54-/m0/s1. The summed E-state index contributed by atoms with van der Waals surface area (Å²) in [7, 11) is 0. The summed E-state index contributed by atoms with van der Waals surface area (Å²) >= 11 is 0. The van der Waals surface area contributed by atoms with Crippen molar-refractivity contribution in [1.82, 2.24) is 0 Å². The van der Waals surface area contributed by atoms with Crippen molar-refractivity contribution in [2.75, 3.05) is 19.8 Å². The van der Waals surface area contributed by atoms with Crippen LogP contribution >= 0.6 is 0 Å². The third-order valence-corrected chi connectivity index (χ3v) is 21.2. The lowest BCUT2D eigenvalue weighted by Gasteiger charge is -2.71. The van der Waals surface area contributed by atoms with E-state index in [1.807, 2.05) is 6.92 Å². The third-order valence-electron chi connectivity index (χ3n) is 21.2. The van der Waals surface area contributed by atoms with Gasteiger partial charge in [-0.2, -0.15) is 0 Å². The molecule has 8 rings (SSSR count). The molecule has 4 aliphatic carbocycles. The maximum absolute atomic E-state index is 12.9. The summed E-state index contributed by atoms with van der Waals surface area (Å²) < 4.78 is 49.0. The fourth-order valence-corrected chi connectivity index (χ4v) is 16.2. The maximum atomic E-state index is 12.9. The first-order valence-electron chi connectivity index (χ1n) is 27.9. The molecule has 31 atom stereocenters. The van der Waals surface area contributed by atoms with Gasteiger partial charge in [0.1, 0.15) is 91.6 Å². The zero-order valence-corrected chi connectivity index (χ0v) is 45.8. The van der Waals surface area contributed by atoms with E-state index in [2.05, 4.69) is 41.2 Å². The number of aliphatic hydroxyl groups is 15. The summed E-state index contributed by atoms with van der Waals surface area (Å²) in [5.74, 6) is -0.393. The third kappa shape index (κ3) is 10.7. The van der Waals surface area contributed by atoms with Crippen LogP contribution in [-0.2, 0) is 37.9 Å². The Morgan fingerprint density at radius 2 is 1.18 bits per heavy atom. The van der Waals surface area contributed by atoms with E-state index in [4.69, 9.17) is 37.9 Å². The van der Waals surface area contributed by atoms with Gasteiger partial charge in [0.05, 0.1) is 49.8 Å². The van der Waals surface area contributed by atoms with E-state index in [9.17, 15) is 76.6 Å². The zero-order chi connectivity index (χ0) is 56.8. The molecule has 446 valence electrons. The fourth-order valence-electron chi connectivity index (χ4n) is 16.2. The van der Waals surface area contributed by atoms with Gasteiger partial charge in [0.25, 0.3) is 0 Å². The lowest BCUT2D eigenvalue weighted by Crippen LogP contribution is -2.69. The van der Waals surface area contributed by atoms with E-state index >= 15 is 0 Å². The Bertz CT molecular complexity index is 2000. The summed E-state index contributed by atoms with van der Waals surface area (Å²) in [6, 6.07) is 0. The van der Waals surface area contributed by atoms with Gasteiger partial charge >= 0.3 is 0 Å². The minimum Gasteiger partial charge on any atom is -0.394 e. The van der Waals surface area contributed by atoms with Crippen LogP contribution in [0.15, 0.2) is 12.2 Å². The van der Waals surface area contributed by atoms with E-state index in [0.717, 1.165) is 12.8 Å². The molecule has 0 radical (unpaired) electrons. The van der Waals surface area contributed by atoms with E-state index in [1.54, 1.807) is 6.92 Å². The second-order valence-electron chi connectivity index (χ2n) is 25.7. The number of hydrogen-bond donors (Lipinski definition) is 15. The molecule has 1 unspecified atom stereocenters. The number of hydrogen-bond acceptors (Lipinski definition) is 23. The highest BCUT2D eigenvalue weighted by molar-refractivity contribution is 5.21. The van der Waals surface area contributed by atoms with Crippen LogP contribution in [-0.4, -0.2) is 243 Å². The number of ether oxygens (including phenoxy) is 8. The molecule has 4 aliphatic heterocycles. The molecule has 23 nitrogen and oxygen atoms in total. The van der Waals surface area contributed by atoms with Crippen LogP contribution in [0.3, 0.4) is 0 Å². The van der Waals surface area contributed by atoms with Crippen molar-refractivity contribution in [3.63, 3.8) is 0 Å². The van der Waals surface area contributed by atoms with Crippen molar-refractivity contribution < 1.29 is 114 Å². The largest absolute Gasteiger partial charge is 0.394 e. The molecule has 15 N–H and O–H groups in total. The first kappa shape index (κ1) is 61.9. The van der Waals surface area contributed by atoms with Crippen LogP contribution in [0.1, 0.15) is 113 Å². The molecule has 8 aliphatic rings. The molecule has 0 bridgehead atoms. The Labute approximate surface area is 450 Å². The van der Waals surface area contributed by atoms with E-state index < -0.39 is 183 Å².